The van der Waals surface area contributed by atoms with E-state index in [1.165, 1.54) is 0 Å². The molecule has 4 nitrogen and oxygen atoms in total. The van der Waals surface area contributed by atoms with Gasteiger partial charge in [0.1, 0.15) is 5.75 Å². The van der Waals surface area contributed by atoms with Gasteiger partial charge in [-0.1, -0.05) is 23.2 Å². The molecule has 0 spiro atoms. The number of aryl methyl sites for hydroxylation is 2. The summed E-state index contributed by atoms with van der Waals surface area (Å²) >= 11 is 13.1. The second-order valence-corrected chi connectivity index (χ2v) is 9.65. The first-order chi connectivity index (χ1) is 16.0. The Kier molecular flexibility index (Phi) is 6.80. The van der Waals surface area contributed by atoms with E-state index in [2.05, 4.69) is 0 Å². The van der Waals surface area contributed by atoms with Crippen molar-refractivity contribution in [2.75, 3.05) is 0 Å². The summed E-state index contributed by atoms with van der Waals surface area (Å²) in [6.07, 6.45) is -1.91. The zero-order valence-electron chi connectivity index (χ0n) is 18.7. The molecule has 2 aromatic carbocycles. The van der Waals surface area contributed by atoms with Crippen molar-refractivity contribution in [2.24, 2.45) is 13.0 Å². The highest BCUT2D eigenvalue weighted by atomic mass is 35.5. The minimum absolute atomic E-state index is 0.136. The number of carboxylic acid groups (broad SMARTS) is 1. The minimum atomic E-state index is -4.43. The van der Waals surface area contributed by atoms with Gasteiger partial charge in [0.2, 0.25) is 0 Å². The number of carbonyl (C=O) groups is 1. The molecule has 182 valence electrons. The lowest BCUT2D eigenvalue weighted by atomic mass is 9.87. The lowest BCUT2D eigenvalue weighted by Gasteiger charge is -2.27. The van der Waals surface area contributed by atoms with Crippen LogP contribution in [0.15, 0.2) is 30.3 Å². The van der Waals surface area contributed by atoms with Crippen LogP contribution in [0.1, 0.15) is 48.1 Å². The molecular weight excluding hydrogens is 490 g/mol. The number of carboxylic acids is 1. The molecule has 1 heterocycles. The molecule has 34 heavy (non-hydrogen) atoms. The molecule has 0 unspecified atom stereocenters. The van der Waals surface area contributed by atoms with E-state index in [-0.39, 0.29) is 12.0 Å². The summed E-state index contributed by atoms with van der Waals surface area (Å²) in [5.41, 5.74) is 1.73. The van der Waals surface area contributed by atoms with Crippen LogP contribution in [0, 0.1) is 12.8 Å². The smallest absolute Gasteiger partial charge is 0.416 e. The molecule has 0 atom stereocenters. The molecule has 1 fully saturated rings. The van der Waals surface area contributed by atoms with Crippen molar-refractivity contribution in [3.05, 3.63) is 62.8 Å². The molecule has 1 saturated carbocycles. The second-order valence-electron chi connectivity index (χ2n) is 8.86. The number of alkyl halides is 3. The third-order valence-electron chi connectivity index (χ3n) is 6.62. The van der Waals surface area contributed by atoms with Gasteiger partial charge in [-0.05, 0) is 74.1 Å². The van der Waals surface area contributed by atoms with Gasteiger partial charge in [-0.2, -0.15) is 13.2 Å². The molecule has 9 heteroatoms. The molecule has 0 amide bonds. The summed E-state index contributed by atoms with van der Waals surface area (Å²) < 4.78 is 47.7. The predicted molar refractivity (Wildman–Crippen MR) is 126 cm³/mol. The fraction of sp³-hybridized carbons (Fsp3) is 0.400. The molecule has 0 saturated heterocycles. The molecule has 3 aromatic rings. The van der Waals surface area contributed by atoms with Crippen LogP contribution in [0.2, 0.25) is 10.0 Å². The maximum absolute atomic E-state index is 13.3. The van der Waals surface area contributed by atoms with Gasteiger partial charge in [0.05, 0.1) is 22.6 Å². The molecule has 1 aliphatic carbocycles. The second kappa shape index (κ2) is 9.34. The average molecular weight is 514 g/mol. The quantitative estimate of drug-likeness (QED) is 0.386. The Bertz CT molecular complexity index is 1240. The molecule has 1 N–H and O–H groups in total. The highest BCUT2D eigenvalue weighted by Gasteiger charge is 2.32. The van der Waals surface area contributed by atoms with Gasteiger partial charge >= 0.3 is 12.1 Å². The number of fused-ring (bicyclic) bond motifs is 1. The summed E-state index contributed by atoms with van der Waals surface area (Å²) in [7, 11) is 1.72. The van der Waals surface area contributed by atoms with E-state index in [0.717, 1.165) is 23.2 Å². The van der Waals surface area contributed by atoms with Crippen molar-refractivity contribution < 1.29 is 27.8 Å². The highest BCUT2D eigenvalue weighted by Crippen LogP contribution is 2.39. The Morgan fingerprint density at radius 3 is 2.44 bits per heavy atom. The Morgan fingerprint density at radius 1 is 1.15 bits per heavy atom. The number of benzene rings is 2. The van der Waals surface area contributed by atoms with Crippen LogP contribution < -0.4 is 4.74 Å². The first-order valence-corrected chi connectivity index (χ1v) is 11.7. The lowest BCUT2D eigenvalue weighted by Crippen LogP contribution is -2.27. The van der Waals surface area contributed by atoms with E-state index in [9.17, 15) is 23.1 Å². The molecule has 1 aromatic heterocycles. The topological polar surface area (TPSA) is 51.5 Å². The zero-order valence-corrected chi connectivity index (χ0v) is 20.2. The average Bonchev–Trinajstić information content (AvgIpc) is 3.09. The van der Waals surface area contributed by atoms with E-state index in [1.807, 2.05) is 6.07 Å². The van der Waals surface area contributed by atoms with Crippen LogP contribution in [-0.2, 0) is 24.4 Å². The van der Waals surface area contributed by atoms with Gasteiger partial charge in [0.15, 0.2) is 0 Å². The minimum Gasteiger partial charge on any atom is -0.489 e. The van der Waals surface area contributed by atoms with E-state index in [4.69, 9.17) is 27.9 Å². The third-order valence-corrected chi connectivity index (χ3v) is 7.39. The maximum Gasteiger partial charge on any atom is 0.416 e. The largest absolute Gasteiger partial charge is 0.489 e. The van der Waals surface area contributed by atoms with Crippen molar-refractivity contribution in [1.82, 2.24) is 4.57 Å². The van der Waals surface area contributed by atoms with Crippen LogP contribution in [-0.4, -0.2) is 21.7 Å². The highest BCUT2D eigenvalue weighted by molar-refractivity contribution is 6.37. The number of hydrogen-bond acceptors (Lipinski definition) is 2. The molecule has 0 aliphatic heterocycles. The lowest BCUT2D eigenvalue weighted by molar-refractivity contribution is -0.143. The van der Waals surface area contributed by atoms with Crippen molar-refractivity contribution in [1.29, 1.82) is 0 Å². The molecule has 1 aliphatic rings. The number of aromatic nitrogens is 1. The summed E-state index contributed by atoms with van der Waals surface area (Å²) in [4.78, 5) is 11.2. The van der Waals surface area contributed by atoms with Crippen molar-refractivity contribution in [3.63, 3.8) is 0 Å². The Balaban J connectivity index is 1.61. The van der Waals surface area contributed by atoms with Crippen molar-refractivity contribution in [2.45, 2.75) is 51.3 Å². The van der Waals surface area contributed by atoms with Gasteiger partial charge < -0.3 is 14.4 Å². The first kappa shape index (κ1) is 24.7. The monoisotopic (exact) mass is 513 g/mol. The zero-order chi connectivity index (χ0) is 24.8. The van der Waals surface area contributed by atoms with Crippen LogP contribution in [0.25, 0.3) is 10.9 Å². The van der Waals surface area contributed by atoms with E-state index in [1.54, 1.807) is 30.7 Å². The fourth-order valence-electron chi connectivity index (χ4n) is 4.61. The number of nitrogens with zero attached hydrogens (tertiary/aromatic N) is 1. The summed E-state index contributed by atoms with van der Waals surface area (Å²) in [6.45, 7) is 1.66. The molecule has 4 rings (SSSR count). The van der Waals surface area contributed by atoms with Crippen LogP contribution >= 0.6 is 23.2 Å². The Hall–Kier alpha value is -2.38. The number of rotatable bonds is 5. The first-order valence-electron chi connectivity index (χ1n) is 11.0. The molecular formula is C25H24Cl2F3NO3. The Morgan fingerprint density at radius 2 is 1.82 bits per heavy atom. The predicted octanol–water partition coefficient (Wildman–Crippen LogP) is 7.43. The van der Waals surface area contributed by atoms with Crippen LogP contribution in [0.3, 0.4) is 0 Å². The van der Waals surface area contributed by atoms with Gasteiger partial charge in [-0.15, -0.1) is 0 Å². The van der Waals surface area contributed by atoms with Crippen molar-refractivity contribution in [3.8, 4) is 5.75 Å². The van der Waals surface area contributed by atoms with Gasteiger partial charge in [-0.25, -0.2) is 0 Å². The van der Waals surface area contributed by atoms with E-state index >= 15 is 0 Å². The number of halogens is 5. The third kappa shape index (κ3) is 4.86. The fourth-order valence-corrected chi connectivity index (χ4v) is 5.16. The van der Waals surface area contributed by atoms with Crippen molar-refractivity contribution >= 4 is 40.1 Å². The summed E-state index contributed by atoms with van der Waals surface area (Å²) in [6, 6.07) is 7.55. The number of aliphatic carboxylic acids is 1. The Labute approximate surface area is 205 Å². The number of ether oxygens (including phenoxy) is 1. The maximum atomic E-state index is 13.3. The number of hydrogen-bond donors (Lipinski definition) is 1. The standard InChI is InChI=1S/C25H24Cl2F3NO3/c1-13-9-15(25(28,29)30)10-21-18(13)11-16(31(21)2)12-19-20(26)7-8-22(23(19)27)34-17-5-3-14(4-6-17)24(32)33/h7-11,14,17H,3-6,12H2,1-2H3,(H,32,33)/t14-,17-. The van der Waals surface area contributed by atoms with Crippen LogP contribution in [0.5, 0.6) is 5.75 Å². The normalized spacial score (nSPS) is 18.9. The molecule has 0 radical (unpaired) electrons. The summed E-state index contributed by atoms with van der Waals surface area (Å²) in [5, 5.41) is 10.7. The SMILES string of the molecule is Cc1cc(C(F)(F)F)cc2c1cc(Cc1c(Cl)ccc(O[C@H]3CC[C@H](C(=O)O)CC3)c1Cl)n2C. The molecule has 0 bridgehead atoms. The summed E-state index contributed by atoms with van der Waals surface area (Å²) in [5.74, 6) is -0.657. The van der Waals surface area contributed by atoms with E-state index < -0.39 is 17.7 Å². The van der Waals surface area contributed by atoms with Crippen LogP contribution in [0.4, 0.5) is 13.2 Å². The van der Waals surface area contributed by atoms with Gasteiger partial charge in [-0.3, -0.25) is 4.79 Å². The van der Waals surface area contributed by atoms with Gasteiger partial charge in [0.25, 0.3) is 0 Å². The van der Waals surface area contributed by atoms with Gasteiger partial charge in [0, 0.05) is 35.1 Å². The van der Waals surface area contributed by atoms with E-state index in [0.29, 0.717) is 64.5 Å².